The summed E-state index contributed by atoms with van der Waals surface area (Å²) in [5.41, 5.74) is 1.29. The summed E-state index contributed by atoms with van der Waals surface area (Å²) in [6.07, 6.45) is -0.0248. The first-order valence-electron chi connectivity index (χ1n) is 6.60. The number of benzene rings is 2. The van der Waals surface area contributed by atoms with Gasteiger partial charge in [0.2, 0.25) is 0 Å². The molecule has 110 valence electrons. The number of ketones is 1. The van der Waals surface area contributed by atoms with Crippen LogP contribution in [0.4, 0.5) is 4.39 Å². The van der Waals surface area contributed by atoms with E-state index in [9.17, 15) is 9.18 Å². The van der Waals surface area contributed by atoms with Crippen LogP contribution in [0.5, 0.6) is 0 Å². The van der Waals surface area contributed by atoms with Crippen LogP contribution in [0.3, 0.4) is 0 Å². The molecule has 0 bridgehead atoms. The summed E-state index contributed by atoms with van der Waals surface area (Å²) >= 11 is 0. The molecule has 2 aromatic carbocycles. The predicted octanol–water partition coefficient (Wildman–Crippen LogP) is 3.22. The summed E-state index contributed by atoms with van der Waals surface area (Å²) in [5, 5.41) is 0. The molecule has 0 aliphatic rings. The average molecular weight is 288 g/mol. The van der Waals surface area contributed by atoms with E-state index in [-0.39, 0.29) is 11.3 Å². The topological polar surface area (TPSA) is 35.5 Å². The molecule has 0 saturated carbocycles. The minimum Gasteiger partial charge on any atom is -0.356 e. The molecule has 0 unspecified atom stereocenters. The quantitative estimate of drug-likeness (QED) is 0.605. The molecule has 0 heterocycles. The van der Waals surface area contributed by atoms with Crippen molar-refractivity contribution in [2.24, 2.45) is 0 Å². The fourth-order valence-corrected chi connectivity index (χ4v) is 2.15. The van der Waals surface area contributed by atoms with Crippen LogP contribution in [0.1, 0.15) is 21.5 Å². The van der Waals surface area contributed by atoms with Gasteiger partial charge in [-0.1, -0.05) is 36.4 Å². The zero-order chi connectivity index (χ0) is 15.2. The summed E-state index contributed by atoms with van der Waals surface area (Å²) in [6.45, 7) is 0. The van der Waals surface area contributed by atoms with Gasteiger partial charge in [0, 0.05) is 26.2 Å². The molecule has 0 aliphatic heterocycles. The second-order valence-electron chi connectivity index (χ2n) is 4.57. The highest BCUT2D eigenvalue weighted by molar-refractivity contribution is 6.10. The van der Waals surface area contributed by atoms with Gasteiger partial charge in [0.05, 0.1) is 5.56 Å². The summed E-state index contributed by atoms with van der Waals surface area (Å²) in [7, 11) is 3.07. The van der Waals surface area contributed by atoms with Gasteiger partial charge in [-0.3, -0.25) is 4.79 Å². The third kappa shape index (κ3) is 3.54. The highest BCUT2D eigenvalue weighted by atomic mass is 19.1. The van der Waals surface area contributed by atoms with Gasteiger partial charge in [-0.15, -0.1) is 0 Å². The Morgan fingerprint density at radius 3 is 2.19 bits per heavy atom. The van der Waals surface area contributed by atoms with Gasteiger partial charge in [-0.25, -0.2) is 4.39 Å². The van der Waals surface area contributed by atoms with Crippen LogP contribution in [0, 0.1) is 5.82 Å². The van der Waals surface area contributed by atoms with E-state index < -0.39 is 12.1 Å². The van der Waals surface area contributed by atoms with Crippen molar-refractivity contribution >= 4 is 5.78 Å². The van der Waals surface area contributed by atoms with Gasteiger partial charge in [0.15, 0.2) is 12.1 Å². The lowest BCUT2D eigenvalue weighted by atomic mass is 9.96. The van der Waals surface area contributed by atoms with Crippen molar-refractivity contribution in [2.75, 3.05) is 14.2 Å². The predicted molar refractivity (Wildman–Crippen MR) is 77.8 cm³/mol. The Kier molecular flexibility index (Phi) is 5.20. The van der Waals surface area contributed by atoms with Gasteiger partial charge >= 0.3 is 0 Å². The van der Waals surface area contributed by atoms with E-state index >= 15 is 0 Å². The monoisotopic (exact) mass is 288 g/mol. The second kappa shape index (κ2) is 7.11. The third-order valence-electron chi connectivity index (χ3n) is 3.29. The molecule has 0 atom stereocenters. The maximum absolute atomic E-state index is 13.8. The summed E-state index contributed by atoms with van der Waals surface area (Å²) in [4.78, 5) is 12.5. The minimum absolute atomic E-state index is 0.0660. The molecule has 0 spiro atoms. The van der Waals surface area contributed by atoms with Crippen molar-refractivity contribution in [1.82, 2.24) is 0 Å². The first-order chi connectivity index (χ1) is 10.2. The Hall–Kier alpha value is -2.04. The van der Waals surface area contributed by atoms with E-state index in [0.29, 0.717) is 12.0 Å². The van der Waals surface area contributed by atoms with Crippen LogP contribution >= 0.6 is 0 Å². The SMILES string of the molecule is COC(Cc1ccccc1C(=O)c1ccccc1F)OC. The van der Waals surface area contributed by atoms with Crippen LogP contribution in [-0.2, 0) is 15.9 Å². The molecule has 0 amide bonds. The van der Waals surface area contributed by atoms with Crippen molar-refractivity contribution in [3.8, 4) is 0 Å². The largest absolute Gasteiger partial charge is 0.356 e. The van der Waals surface area contributed by atoms with E-state index in [1.165, 1.54) is 26.4 Å². The molecule has 2 aromatic rings. The number of hydrogen-bond donors (Lipinski definition) is 0. The van der Waals surface area contributed by atoms with Crippen LogP contribution in [0.15, 0.2) is 48.5 Å². The Bertz CT molecular complexity index is 621. The number of rotatable bonds is 6. The molecule has 0 N–H and O–H groups in total. The van der Waals surface area contributed by atoms with Gasteiger partial charge < -0.3 is 9.47 Å². The Labute approximate surface area is 123 Å². The van der Waals surface area contributed by atoms with E-state index in [1.807, 2.05) is 12.1 Å². The third-order valence-corrected chi connectivity index (χ3v) is 3.29. The molecule has 4 heteroatoms. The highest BCUT2D eigenvalue weighted by Gasteiger charge is 2.18. The van der Waals surface area contributed by atoms with Crippen molar-refractivity contribution < 1.29 is 18.7 Å². The smallest absolute Gasteiger partial charge is 0.196 e. The zero-order valence-corrected chi connectivity index (χ0v) is 12.0. The van der Waals surface area contributed by atoms with Crippen LogP contribution in [0.2, 0.25) is 0 Å². The molecule has 21 heavy (non-hydrogen) atoms. The number of carbonyl (C=O) groups is 1. The number of halogens is 1. The average Bonchev–Trinajstić information content (AvgIpc) is 2.53. The normalized spacial score (nSPS) is 10.9. The van der Waals surface area contributed by atoms with Crippen molar-refractivity contribution in [1.29, 1.82) is 0 Å². The molecule has 3 nitrogen and oxygen atoms in total. The number of carbonyl (C=O) groups excluding carboxylic acids is 1. The molecule has 2 rings (SSSR count). The molecule has 0 fully saturated rings. The molecule has 0 radical (unpaired) electrons. The Morgan fingerprint density at radius 1 is 1.00 bits per heavy atom. The Balaban J connectivity index is 2.36. The van der Waals surface area contributed by atoms with Gasteiger partial charge in [0.25, 0.3) is 0 Å². The Morgan fingerprint density at radius 2 is 1.57 bits per heavy atom. The van der Waals surface area contributed by atoms with Crippen molar-refractivity contribution in [3.05, 3.63) is 71.0 Å². The molecule has 0 aromatic heterocycles. The lowest BCUT2D eigenvalue weighted by molar-refractivity contribution is -0.100. The summed E-state index contributed by atoms with van der Waals surface area (Å²) in [6, 6.07) is 13.1. The standard InChI is InChI=1S/C17H17FO3/c1-20-16(21-2)11-12-7-3-4-8-13(12)17(19)14-9-5-6-10-15(14)18/h3-10,16H,11H2,1-2H3. The van der Waals surface area contributed by atoms with E-state index in [4.69, 9.17) is 9.47 Å². The van der Waals surface area contributed by atoms with E-state index in [1.54, 1.807) is 24.3 Å². The first-order valence-corrected chi connectivity index (χ1v) is 6.60. The lowest BCUT2D eigenvalue weighted by Gasteiger charge is -2.15. The van der Waals surface area contributed by atoms with Gasteiger partial charge in [-0.2, -0.15) is 0 Å². The lowest BCUT2D eigenvalue weighted by Crippen LogP contribution is -2.18. The maximum Gasteiger partial charge on any atom is 0.196 e. The van der Waals surface area contributed by atoms with Crippen LogP contribution in [-0.4, -0.2) is 26.3 Å². The number of hydrogen-bond acceptors (Lipinski definition) is 3. The fourth-order valence-electron chi connectivity index (χ4n) is 2.15. The first kappa shape index (κ1) is 15.4. The van der Waals surface area contributed by atoms with E-state index in [2.05, 4.69) is 0 Å². The van der Waals surface area contributed by atoms with Crippen LogP contribution < -0.4 is 0 Å². The highest BCUT2D eigenvalue weighted by Crippen LogP contribution is 2.19. The van der Waals surface area contributed by atoms with Gasteiger partial charge in [-0.05, 0) is 17.7 Å². The summed E-state index contributed by atoms with van der Waals surface area (Å²) < 4.78 is 24.1. The molecule has 0 aliphatic carbocycles. The van der Waals surface area contributed by atoms with Crippen molar-refractivity contribution in [3.63, 3.8) is 0 Å². The van der Waals surface area contributed by atoms with Crippen LogP contribution in [0.25, 0.3) is 0 Å². The molecule has 0 saturated heterocycles. The fraction of sp³-hybridized carbons (Fsp3) is 0.235. The molecular formula is C17H17FO3. The van der Waals surface area contributed by atoms with Gasteiger partial charge in [0.1, 0.15) is 5.82 Å². The number of ether oxygens (including phenoxy) is 2. The zero-order valence-electron chi connectivity index (χ0n) is 12.0. The summed E-state index contributed by atoms with van der Waals surface area (Å²) in [5.74, 6) is -0.859. The molecular weight excluding hydrogens is 271 g/mol. The second-order valence-corrected chi connectivity index (χ2v) is 4.57. The van der Waals surface area contributed by atoms with E-state index in [0.717, 1.165) is 5.56 Å². The minimum atomic E-state index is -0.521. The number of methoxy groups -OCH3 is 2. The van der Waals surface area contributed by atoms with Crippen molar-refractivity contribution in [2.45, 2.75) is 12.7 Å². The maximum atomic E-state index is 13.8.